The molecule has 1 rings (SSSR count). The molecule has 1 aliphatic carbocycles. The molecule has 0 bridgehead atoms. The van der Waals surface area contributed by atoms with Gasteiger partial charge in [-0.05, 0) is 19.8 Å². The van der Waals surface area contributed by atoms with Crippen LogP contribution < -0.4 is 0 Å². The topological polar surface area (TPSA) is 37.3 Å². The Kier molecular flexibility index (Phi) is 2.78. The van der Waals surface area contributed by atoms with E-state index in [1.807, 2.05) is 6.92 Å². The highest BCUT2D eigenvalue weighted by molar-refractivity contribution is 14.1. The van der Waals surface area contributed by atoms with E-state index < -0.39 is 11.4 Å². The van der Waals surface area contributed by atoms with Gasteiger partial charge in [-0.2, -0.15) is 0 Å². The van der Waals surface area contributed by atoms with Crippen LogP contribution in [0.1, 0.15) is 32.6 Å². The summed E-state index contributed by atoms with van der Waals surface area (Å²) in [6.45, 7) is 1.87. The summed E-state index contributed by atoms with van der Waals surface area (Å²) in [5.41, 5.74) is -0.460. The normalized spacial score (nSPS) is 38.5. The maximum absolute atomic E-state index is 10.9. The number of halogens is 1. The highest BCUT2D eigenvalue weighted by Crippen LogP contribution is 2.40. The summed E-state index contributed by atoms with van der Waals surface area (Å²) in [7, 11) is 0. The van der Waals surface area contributed by atoms with Crippen LogP contribution in [0.4, 0.5) is 0 Å². The predicted molar refractivity (Wildman–Crippen MR) is 52.0 cm³/mol. The van der Waals surface area contributed by atoms with Gasteiger partial charge in [-0.15, -0.1) is 0 Å². The van der Waals surface area contributed by atoms with Crippen LogP contribution in [0.25, 0.3) is 0 Å². The van der Waals surface area contributed by atoms with E-state index in [-0.39, 0.29) is 0 Å². The second kappa shape index (κ2) is 3.29. The molecule has 2 unspecified atom stereocenters. The average molecular weight is 268 g/mol. The molecule has 1 saturated carbocycles. The van der Waals surface area contributed by atoms with Crippen molar-refractivity contribution in [2.75, 3.05) is 0 Å². The zero-order valence-electron chi connectivity index (χ0n) is 6.64. The number of carboxylic acid groups (broad SMARTS) is 1. The first kappa shape index (κ1) is 9.29. The van der Waals surface area contributed by atoms with Gasteiger partial charge in [0.05, 0.1) is 5.41 Å². The molecule has 0 aromatic rings. The van der Waals surface area contributed by atoms with Crippen LogP contribution in [0.2, 0.25) is 0 Å². The zero-order valence-corrected chi connectivity index (χ0v) is 8.80. The molecule has 0 radical (unpaired) electrons. The Balaban J connectivity index is 2.72. The minimum absolute atomic E-state index is 0.311. The molecule has 0 amide bonds. The Morgan fingerprint density at radius 1 is 1.64 bits per heavy atom. The van der Waals surface area contributed by atoms with Crippen LogP contribution in [0.15, 0.2) is 0 Å². The number of carboxylic acids is 1. The fourth-order valence-corrected chi connectivity index (χ4v) is 2.55. The zero-order chi connectivity index (χ0) is 8.48. The SMILES string of the molecule is CC1(C(=O)O)CCCCC1I. The molecule has 0 saturated heterocycles. The molecule has 0 spiro atoms. The Morgan fingerprint density at radius 2 is 2.27 bits per heavy atom. The van der Waals surface area contributed by atoms with Crippen LogP contribution in [-0.2, 0) is 4.79 Å². The van der Waals surface area contributed by atoms with Crippen molar-refractivity contribution in [3.63, 3.8) is 0 Å². The number of hydrogen-bond acceptors (Lipinski definition) is 1. The number of hydrogen-bond donors (Lipinski definition) is 1. The first-order valence-electron chi connectivity index (χ1n) is 3.95. The molecular weight excluding hydrogens is 255 g/mol. The molecule has 0 aromatic heterocycles. The number of alkyl halides is 1. The van der Waals surface area contributed by atoms with E-state index in [0.29, 0.717) is 3.92 Å². The summed E-state index contributed by atoms with van der Waals surface area (Å²) in [4.78, 5) is 10.9. The van der Waals surface area contributed by atoms with Crippen LogP contribution in [-0.4, -0.2) is 15.0 Å². The first-order valence-corrected chi connectivity index (χ1v) is 5.19. The summed E-state index contributed by atoms with van der Waals surface area (Å²) >= 11 is 2.27. The summed E-state index contributed by atoms with van der Waals surface area (Å²) < 4.78 is 0.311. The monoisotopic (exact) mass is 268 g/mol. The fourth-order valence-electron chi connectivity index (χ4n) is 1.53. The van der Waals surface area contributed by atoms with Gasteiger partial charge in [0, 0.05) is 3.92 Å². The predicted octanol–water partition coefficient (Wildman–Crippen LogP) is 2.45. The van der Waals surface area contributed by atoms with Gasteiger partial charge >= 0.3 is 5.97 Å². The third-order valence-electron chi connectivity index (χ3n) is 2.58. The standard InChI is InChI=1S/C8H13IO2/c1-8(7(10)11)5-3-2-4-6(8)9/h6H,2-5H2,1H3,(H,10,11). The maximum atomic E-state index is 10.9. The van der Waals surface area contributed by atoms with Crippen LogP contribution in [0.5, 0.6) is 0 Å². The quantitative estimate of drug-likeness (QED) is 0.586. The van der Waals surface area contributed by atoms with Crippen molar-refractivity contribution in [3.05, 3.63) is 0 Å². The second-order valence-corrected chi connectivity index (χ2v) is 4.94. The number of rotatable bonds is 1. The lowest BCUT2D eigenvalue weighted by Gasteiger charge is -2.34. The third kappa shape index (κ3) is 1.68. The summed E-state index contributed by atoms with van der Waals surface area (Å²) in [5, 5.41) is 8.96. The molecule has 11 heavy (non-hydrogen) atoms. The van der Waals surface area contributed by atoms with Gasteiger partial charge < -0.3 is 5.11 Å². The van der Waals surface area contributed by atoms with Crippen molar-refractivity contribution in [1.82, 2.24) is 0 Å². The van der Waals surface area contributed by atoms with Crippen molar-refractivity contribution < 1.29 is 9.90 Å². The Morgan fingerprint density at radius 3 is 2.64 bits per heavy atom. The summed E-state index contributed by atoms with van der Waals surface area (Å²) in [6, 6.07) is 0. The maximum Gasteiger partial charge on any atom is 0.310 e. The average Bonchev–Trinajstić information content (AvgIpc) is 1.95. The molecule has 0 aliphatic heterocycles. The van der Waals surface area contributed by atoms with E-state index in [1.165, 1.54) is 6.42 Å². The van der Waals surface area contributed by atoms with Gasteiger partial charge in [0.2, 0.25) is 0 Å². The summed E-state index contributed by atoms with van der Waals surface area (Å²) in [6.07, 6.45) is 4.16. The Bertz CT molecular complexity index is 169. The van der Waals surface area contributed by atoms with E-state index in [1.54, 1.807) is 0 Å². The third-order valence-corrected chi connectivity index (χ3v) is 4.58. The van der Waals surface area contributed by atoms with Crippen molar-refractivity contribution in [1.29, 1.82) is 0 Å². The minimum Gasteiger partial charge on any atom is -0.481 e. The highest BCUT2D eigenvalue weighted by Gasteiger charge is 2.41. The summed E-state index contributed by atoms with van der Waals surface area (Å²) in [5.74, 6) is -0.628. The van der Waals surface area contributed by atoms with Crippen molar-refractivity contribution in [2.45, 2.75) is 36.5 Å². The highest BCUT2D eigenvalue weighted by atomic mass is 127. The van der Waals surface area contributed by atoms with E-state index >= 15 is 0 Å². The lowest BCUT2D eigenvalue weighted by Crippen LogP contribution is -2.38. The Hall–Kier alpha value is 0.200. The van der Waals surface area contributed by atoms with Crippen LogP contribution in [0, 0.1) is 5.41 Å². The van der Waals surface area contributed by atoms with E-state index in [9.17, 15) is 4.79 Å². The first-order chi connectivity index (χ1) is 5.07. The minimum atomic E-state index is -0.628. The van der Waals surface area contributed by atoms with Crippen molar-refractivity contribution >= 4 is 28.6 Å². The van der Waals surface area contributed by atoms with Crippen LogP contribution in [0.3, 0.4) is 0 Å². The number of carbonyl (C=O) groups is 1. The molecule has 64 valence electrons. The molecule has 1 N–H and O–H groups in total. The van der Waals surface area contributed by atoms with Gasteiger partial charge in [0.25, 0.3) is 0 Å². The fraction of sp³-hybridized carbons (Fsp3) is 0.875. The molecule has 1 aliphatic rings. The lowest BCUT2D eigenvalue weighted by atomic mass is 9.76. The van der Waals surface area contributed by atoms with Gasteiger partial charge in [-0.3, -0.25) is 4.79 Å². The lowest BCUT2D eigenvalue weighted by molar-refractivity contribution is -0.148. The Labute approximate surface area is 80.5 Å². The molecular formula is C8H13IO2. The van der Waals surface area contributed by atoms with E-state index in [0.717, 1.165) is 19.3 Å². The molecule has 3 heteroatoms. The van der Waals surface area contributed by atoms with Crippen LogP contribution >= 0.6 is 22.6 Å². The smallest absolute Gasteiger partial charge is 0.310 e. The van der Waals surface area contributed by atoms with Crippen molar-refractivity contribution in [2.24, 2.45) is 5.41 Å². The van der Waals surface area contributed by atoms with E-state index in [4.69, 9.17) is 5.11 Å². The van der Waals surface area contributed by atoms with Gasteiger partial charge in [-0.25, -0.2) is 0 Å². The van der Waals surface area contributed by atoms with E-state index in [2.05, 4.69) is 22.6 Å². The molecule has 0 heterocycles. The van der Waals surface area contributed by atoms with Gasteiger partial charge in [-0.1, -0.05) is 35.4 Å². The molecule has 2 nitrogen and oxygen atoms in total. The second-order valence-electron chi connectivity index (χ2n) is 3.44. The van der Waals surface area contributed by atoms with Crippen molar-refractivity contribution in [3.8, 4) is 0 Å². The number of aliphatic carboxylic acids is 1. The van der Waals surface area contributed by atoms with Gasteiger partial charge in [0.15, 0.2) is 0 Å². The molecule has 1 fully saturated rings. The van der Waals surface area contributed by atoms with Gasteiger partial charge in [0.1, 0.15) is 0 Å². The largest absolute Gasteiger partial charge is 0.481 e. The molecule has 2 atom stereocenters. The molecule has 0 aromatic carbocycles.